The van der Waals surface area contributed by atoms with Gasteiger partial charge in [0.1, 0.15) is 11.6 Å². The van der Waals surface area contributed by atoms with Crippen LogP contribution in [0.15, 0.2) is 73.1 Å². The van der Waals surface area contributed by atoms with Crippen LogP contribution in [0.3, 0.4) is 0 Å². The van der Waals surface area contributed by atoms with Crippen LogP contribution in [0.2, 0.25) is 0 Å². The van der Waals surface area contributed by atoms with Gasteiger partial charge in [0.25, 0.3) is 5.91 Å². The lowest BCUT2D eigenvalue weighted by Crippen LogP contribution is -2.47. The fraction of sp³-hybridized carbons (Fsp3) is 0.333. The molecule has 1 aromatic heterocycles. The van der Waals surface area contributed by atoms with Gasteiger partial charge >= 0.3 is 0 Å². The van der Waals surface area contributed by atoms with E-state index in [9.17, 15) is 9.18 Å². The van der Waals surface area contributed by atoms with E-state index in [4.69, 9.17) is 4.74 Å². The van der Waals surface area contributed by atoms with Crippen LogP contribution < -0.4 is 4.74 Å². The number of piperidine rings is 1. The maximum atomic E-state index is 13.6. The number of aromatic nitrogens is 1. The summed E-state index contributed by atoms with van der Waals surface area (Å²) in [5, 5.41) is 0. The number of ether oxygens (including phenoxy) is 1. The molecule has 2 saturated heterocycles. The zero-order valence-electron chi connectivity index (χ0n) is 18.7. The summed E-state index contributed by atoms with van der Waals surface area (Å²) in [6, 6.07) is 18.8. The van der Waals surface area contributed by atoms with Crippen molar-refractivity contribution in [1.29, 1.82) is 0 Å². The largest absolute Gasteiger partial charge is 0.497 e. The highest BCUT2D eigenvalue weighted by atomic mass is 19.1. The maximum Gasteiger partial charge on any atom is 0.255 e. The lowest BCUT2D eigenvalue weighted by molar-refractivity contribution is 0.0613. The van der Waals surface area contributed by atoms with Gasteiger partial charge < -0.3 is 9.64 Å². The fourth-order valence-corrected chi connectivity index (χ4v) is 5.39. The molecule has 6 heteroatoms. The number of hydrogen-bond acceptors (Lipinski definition) is 4. The molecule has 2 aliphatic rings. The molecular weight excluding hydrogens is 417 g/mol. The summed E-state index contributed by atoms with van der Waals surface area (Å²) in [5.41, 5.74) is 2.96. The second-order valence-corrected chi connectivity index (χ2v) is 8.96. The highest BCUT2D eigenvalue weighted by Gasteiger charge is 2.47. The van der Waals surface area contributed by atoms with Gasteiger partial charge in [0, 0.05) is 56.5 Å². The van der Waals surface area contributed by atoms with E-state index in [1.54, 1.807) is 25.6 Å². The molecular formula is C27H28FN3O2. The molecule has 1 amide bonds. The number of carbonyl (C=O) groups excluding carboxylic acids is 1. The van der Waals surface area contributed by atoms with Crippen molar-refractivity contribution in [2.75, 3.05) is 26.7 Å². The van der Waals surface area contributed by atoms with Crippen molar-refractivity contribution in [1.82, 2.24) is 14.8 Å². The Bertz CT molecular complexity index is 1090. The molecule has 0 bridgehead atoms. The Balaban J connectivity index is 1.38. The molecule has 33 heavy (non-hydrogen) atoms. The Kier molecular flexibility index (Phi) is 6.09. The van der Waals surface area contributed by atoms with Gasteiger partial charge in [0.05, 0.1) is 12.7 Å². The molecule has 5 nitrogen and oxygen atoms in total. The van der Waals surface area contributed by atoms with Gasteiger partial charge in [-0.1, -0.05) is 24.3 Å². The van der Waals surface area contributed by atoms with Crippen molar-refractivity contribution in [3.8, 4) is 5.75 Å². The van der Waals surface area contributed by atoms with Gasteiger partial charge in [-0.2, -0.15) is 0 Å². The second-order valence-electron chi connectivity index (χ2n) is 8.96. The predicted octanol–water partition coefficient (Wildman–Crippen LogP) is 4.36. The van der Waals surface area contributed by atoms with Crippen LogP contribution in [-0.2, 0) is 6.54 Å². The lowest BCUT2D eigenvalue weighted by Gasteiger charge is -2.39. The molecule has 0 aliphatic carbocycles. The monoisotopic (exact) mass is 445 g/mol. The average Bonchev–Trinajstić information content (AvgIpc) is 3.24. The summed E-state index contributed by atoms with van der Waals surface area (Å²) in [4.78, 5) is 22.0. The second kappa shape index (κ2) is 9.32. The van der Waals surface area contributed by atoms with E-state index in [1.165, 1.54) is 17.7 Å². The van der Waals surface area contributed by atoms with Gasteiger partial charge in [-0.25, -0.2) is 4.39 Å². The highest BCUT2D eigenvalue weighted by molar-refractivity contribution is 5.94. The van der Waals surface area contributed by atoms with E-state index < -0.39 is 0 Å². The van der Waals surface area contributed by atoms with E-state index in [0.717, 1.165) is 37.4 Å². The average molecular weight is 446 g/mol. The third-order valence-electron chi connectivity index (χ3n) is 7.05. The van der Waals surface area contributed by atoms with Crippen molar-refractivity contribution in [3.05, 3.63) is 95.6 Å². The number of pyridine rings is 1. The molecule has 3 atom stereocenters. The van der Waals surface area contributed by atoms with Gasteiger partial charge in [-0.15, -0.1) is 0 Å². The first-order valence-electron chi connectivity index (χ1n) is 11.4. The minimum absolute atomic E-state index is 0.0336. The Morgan fingerprint density at radius 3 is 2.58 bits per heavy atom. The predicted molar refractivity (Wildman–Crippen MR) is 125 cm³/mol. The van der Waals surface area contributed by atoms with E-state index in [0.29, 0.717) is 18.0 Å². The molecule has 0 N–H and O–H groups in total. The number of benzene rings is 2. The third-order valence-corrected chi connectivity index (χ3v) is 7.05. The maximum absolute atomic E-state index is 13.6. The molecule has 0 unspecified atom stereocenters. The van der Waals surface area contributed by atoms with E-state index in [2.05, 4.69) is 22.0 Å². The van der Waals surface area contributed by atoms with Crippen LogP contribution in [0.25, 0.3) is 0 Å². The zero-order chi connectivity index (χ0) is 22.8. The summed E-state index contributed by atoms with van der Waals surface area (Å²) in [6.45, 7) is 3.33. The fourth-order valence-electron chi connectivity index (χ4n) is 5.39. The number of methoxy groups -OCH3 is 1. The normalized spacial score (nSPS) is 22.7. The van der Waals surface area contributed by atoms with Gasteiger partial charge in [-0.3, -0.25) is 14.7 Å². The minimum atomic E-state index is -0.235. The lowest BCUT2D eigenvalue weighted by atomic mass is 9.81. The van der Waals surface area contributed by atoms with Crippen molar-refractivity contribution < 1.29 is 13.9 Å². The smallest absolute Gasteiger partial charge is 0.255 e. The van der Waals surface area contributed by atoms with Crippen molar-refractivity contribution >= 4 is 5.91 Å². The number of rotatable bonds is 5. The highest BCUT2D eigenvalue weighted by Crippen LogP contribution is 2.42. The van der Waals surface area contributed by atoms with Crippen LogP contribution >= 0.6 is 0 Å². The van der Waals surface area contributed by atoms with Crippen molar-refractivity contribution in [3.63, 3.8) is 0 Å². The Hall–Kier alpha value is -3.25. The number of nitrogens with zero attached hydrogens (tertiary/aromatic N) is 3. The molecule has 0 radical (unpaired) electrons. The Morgan fingerprint density at radius 2 is 1.88 bits per heavy atom. The molecule has 2 aromatic carbocycles. The van der Waals surface area contributed by atoms with Crippen LogP contribution in [0, 0.1) is 11.7 Å². The van der Waals surface area contributed by atoms with Crippen LogP contribution in [0.1, 0.15) is 33.8 Å². The molecule has 3 aromatic rings. The first-order valence-corrected chi connectivity index (χ1v) is 11.4. The number of fused-ring (bicyclic) bond motifs is 1. The number of hydrogen-bond donors (Lipinski definition) is 0. The molecule has 5 rings (SSSR count). The summed E-state index contributed by atoms with van der Waals surface area (Å²) in [6.07, 6.45) is 4.24. The van der Waals surface area contributed by atoms with E-state index in [1.807, 2.05) is 35.2 Å². The van der Waals surface area contributed by atoms with E-state index in [-0.39, 0.29) is 23.7 Å². The van der Waals surface area contributed by atoms with Crippen LogP contribution in [0.4, 0.5) is 4.39 Å². The van der Waals surface area contributed by atoms with Gasteiger partial charge in [0.2, 0.25) is 0 Å². The van der Waals surface area contributed by atoms with Gasteiger partial charge in [0.15, 0.2) is 0 Å². The molecule has 2 fully saturated rings. The molecule has 0 saturated carbocycles. The van der Waals surface area contributed by atoms with Crippen molar-refractivity contribution in [2.45, 2.75) is 24.9 Å². The summed E-state index contributed by atoms with van der Waals surface area (Å²) >= 11 is 0. The van der Waals surface area contributed by atoms with Crippen LogP contribution in [0.5, 0.6) is 5.75 Å². The molecule has 170 valence electrons. The Labute approximate surface area is 193 Å². The zero-order valence-corrected chi connectivity index (χ0v) is 18.7. The first kappa shape index (κ1) is 21.6. The number of amides is 1. The molecule has 2 aliphatic heterocycles. The van der Waals surface area contributed by atoms with Crippen LogP contribution in [-0.4, -0.2) is 53.5 Å². The van der Waals surface area contributed by atoms with Gasteiger partial charge in [-0.05, 0) is 53.9 Å². The number of likely N-dealkylation sites (tertiary alicyclic amines) is 2. The quantitative estimate of drug-likeness (QED) is 0.586. The number of carbonyl (C=O) groups is 1. The summed E-state index contributed by atoms with van der Waals surface area (Å²) in [7, 11) is 1.67. The standard InChI is InChI=1S/C27H28FN3O2/c1-33-23-10-4-19(5-11-23)16-30-14-12-26-25(17-30)24(20-6-8-22(28)9-7-20)18-31(26)27(32)21-3-2-13-29-15-21/h2-11,13,15,24-26H,12,14,16-18H2,1H3/t24-,25-,26-/m1/s1. The summed E-state index contributed by atoms with van der Waals surface area (Å²) < 4.78 is 18.9. The summed E-state index contributed by atoms with van der Waals surface area (Å²) in [5.74, 6) is 1.12. The van der Waals surface area contributed by atoms with Crippen molar-refractivity contribution in [2.24, 2.45) is 5.92 Å². The minimum Gasteiger partial charge on any atom is -0.497 e. The first-order chi connectivity index (χ1) is 16.1. The SMILES string of the molecule is COc1ccc(CN2CC[C@@H]3[C@H](C2)[C@@H](c2ccc(F)cc2)CN3C(=O)c2cccnc2)cc1. The third kappa shape index (κ3) is 4.48. The molecule has 0 spiro atoms. The Morgan fingerprint density at radius 1 is 1.09 bits per heavy atom. The number of halogens is 1. The van der Waals surface area contributed by atoms with E-state index >= 15 is 0 Å². The molecule has 3 heterocycles. The topological polar surface area (TPSA) is 45.7 Å².